The summed E-state index contributed by atoms with van der Waals surface area (Å²) < 4.78 is 28.6. The molecule has 0 aliphatic carbocycles. The first-order valence-corrected chi connectivity index (χ1v) is 10.9. The highest BCUT2D eigenvalue weighted by Crippen LogP contribution is 2.26. The third-order valence-corrected chi connectivity index (χ3v) is 6.74. The fourth-order valence-electron chi connectivity index (χ4n) is 3.36. The topological polar surface area (TPSA) is 80.8 Å². The number of hydrogen-bond acceptors (Lipinski definition) is 5. The summed E-state index contributed by atoms with van der Waals surface area (Å²) in [6, 6.07) is 18.1. The maximum atomic E-state index is 12.8. The number of esters is 1. The normalized spacial score (nSPS) is 18.0. The number of hydrogen-bond donors (Lipinski definition) is 0. The van der Waals surface area contributed by atoms with Gasteiger partial charge in [-0.05, 0) is 17.5 Å². The van der Waals surface area contributed by atoms with Gasteiger partial charge in [-0.25, -0.2) is 8.42 Å². The molecule has 2 aromatic carbocycles. The minimum absolute atomic E-state index is 0.0418. The van der Waals surface area contributed by atoms with Gasteiger partial charge < -0.3 is 9.64 Å². The summed E-state index contributed by atoms with van der Waals surface area (Å²) in [6.45, 7) is -0.415. The molecule has 28 heavy (non-hydrogen) atoms. The lowest BCUT2D eigenvalue weighted by Gasteiger charge is -2.24. The summed E-state index contributed by atoms with van der Waals surface area (Å²) >= 11 is 0. The zero-order valence-electron chi connectivity index (χ0n) is 15.7. The molecule has 3 rings (SSSR count). The second kappa shape index (κ2) is 8.56. The molecule has 1 aliphatic heterocycles. The average Bonchev–Trinajstić information content (AvgIpc) is 3.07. The molecule has 0 bridgehead atoms. The Morgan fingerprint density at radius 1 is 1.04 bits per heavy atom. The lowest BCUT2D eigenvalue weighted by atomic mass is 9.91. The Kier molecular flexibility index (Phi) is 6.14. The number of benzene rings is 2. The Morgan fingerprint density at radius 3 is 2.04 bits per heavy atom. The summed E-state index contributed by atoms with van der Waals surface area (Å²) in [5.74, 6) is -1.51. The molecular weight excluding hydrogens is 378 g/mol. The standard InChI is InChI=1S/C21H23NO5S/c1-22(18-12-13-28(25,26)15-18)19(23)14-27-21(24)20(16-8-4-2-5-9-16)17-10-6-3-7-11-17/h2-11,18,20H,12-15H2,1H3/t18-/m0/s1. The van der Waals surface area contributed by atoms with Gasteiger partial charge >= 0.3 is 5.97 Å². The van der Waals surface area contributed by atoms with E-state index in [-0.39, 0.29) is 17.5 Å². The lowest BCUT2D eigenvalue weighted by molar-refractivity contribution is -0.152. The molecule has 1 fully saturated rings. The molecule has 0 spiro atoms. The van der Waals surface area contributed by atoms with Crippen molar-refractivity contribution < 1.29 is 22.7 Å². The molecule has 1 amide bonds. The number of carbonyl (C=O) groups is 2. The van der Waals surface area contributed by atoms with Crippen molar-refractivity contribution in [3.05, 3.63) is 71.8 Å². The number of sulfone groups is 1. The monoisotopic (exact) mass is 401 g/mol. The Bertz CT molecular complexity index is 888. The predicted molar refractivity (Wildman–Crippen MR) is 106 cm³/mol. The number of nitrogens with zero attached hydrogens (tertiary/aromatic N) is 1. The van der Waals surface area contributed by atoms with E-state index in [4.69, 9.17) is 4.74 Å². The lowest BCUT2D eigenvalue weighted by Crippen LogP contribution is -2.40. The van der Waals surface area contributed by atoms with E-state index in [1.54, 1.807) is 7.05 Å². The van der Waals surface area contributed by atoms with Crippen molar-refractivity contribution in [2.75, 3.05) is 25.2 Å². The molecule has 2 aromatic rings. The van der Waals surface area contributed by atoms with Crippen LogP contribution in [-0.2, 0) is 24.2 Å². The third-order valence-electron chi connectivity index (χ3n) is 4.99. The quantitative estimate of drug-likeness (QED) is 0.692. The van der Waals surface area contributed by atoms with Gasteiger partial charge in [0.1, 0.15) is 5.92 Å². The number of amides is 1. The van der Waals surface area contributed by atoms with E-state index in [2.05, 4.69) is 0 Å². The van der Waals surface area contributed by atoms with Crippen LogP contribution >= 0.6 is 0 Å². The van der Waals surface area contributed by atoms with Gasteiger partial charge in [-0.15, -0.1) is 0 Å². The number of ether oxygens (including phenoxy) is 1. The highest BCUT2D eigenvalue weighted by molar-refractivity contribution is 7.91. The molecule has 0 unspecified atom stereocenters. The molecule has 1 atom stereocenters. The second-order valence-electron chi connectivity index (χ2n) is 6.92. The van der Waals surface area contributed by atoms with Crippen LogP contribution in [0.5, 0.6) is 0 Å². The van der Waals surface area contributed by atoms with Crippen molar-refractivity contribution in [2.45, 2.75) is 18.4 Å². The highest BCUT2D eigenvalue weighted by Gasteiger charge is 2.33. The minimum Gasteiger partial charge on any atom is -0.455 e. The van der Waals surface area contributed by atoms with Gasteiger partial charge in [0.2, 0.25) is 0 Å². The summed E-state index contributed by atoms with van der Waals surface area (Å²) in [5.41, 5.74) is 1.56. The predicted octanol–water partition coefficient (Wildman–Crippen LogP) is 2.01. The summed E-state index contributed by atoms with van der Waals surface area (Å²) in [5, 5.41) is 0. The second-order valence-corrected chi connectivity index (χ2v) is 9.15. The van der Waals surface area contributed by atoms with Crippen LogP contribution in [0.1, 0.15) is 23.5 Å². The molecule has 1 heterocycles. The molecule has 6 nitrogen and oxygen atoms in total. The average molecular weight is 401 g/mol. The van der Waals surface area contributed by atoms with Gasteiger partial charge in [-0.1, -0.05) is 60.7 Å². The van der Waals surface area contributed by atoms with E-state index < -0.39 is 34.2 Å². The Morgan fingerprint density at radius 2 is 1.57 bits per heavy atom. The van der Waals surface area contributed by atoms with Gasteiger partial charge in [0.15, 0.2) is 16.4 Å². The van der Waals surface area contributed by atoms with E-state index in [1.165, 1.54) is 4.90 Å². The maximum Gasteiger partial charge on any atom is 0.318 e. The van der Waals surface area contributed by atoms with E-state index in [9.17, 15) is 18.0 Å². The van der Waals surface area contributed by atoms with Crippen molar-refractivity contribution in [3.63, 3.8) is 0 Å². The van der Waals surface area contributed by atoms with E-state index in [0.717, 1.165) is 11.1 Å². The van der Waals surface area contributed by atoms with Crippen LogP contribution in [0, 0.1) is 0 Å². The Hall–Kier alpha value is -2.67. The van der Waals surface area contributed by atoms with E-state index in [1.807, 2.05) is 60.7 Å². The van der Waals surface area contributed by atoms with Gasteiger partial charge in [0, 0.05) is 13.1 Å². The van der Waals surface area contributed by atoms with Crippen molar-refractivity contribution in [3.8, 4) is 0 Å². The van der Waals surface area contributed by atoms with Crippen molar-refractivity contribution in [1.82, 2.24) is 4.90 Å². The van der Waals surface area contributed by atoms with Crippen LogP contribution in [0.15, 0.2) is 60.7 Å². The van der Waals surface area contributed by atoms with Crippen LogP contribution in [0.2, 0.25) is 0 Å². The first-order valence-electron chi connectivity index (χ1n) is 9.10. The van der Waals surface area contributed by atoms with Gasteiger partial charge in [0.25, 0.3) is 5.91 Å². The zero-order valence-corrected chi connectivity index (χ0v) is 16.5. The third kappa shape index (κ3) is 4.78. The molecule has 0 saturated carbocycles. The maximum absolute atomic E-state index is 12.8. The molecule has 1 saturated heterocycles. The summed E-state index contributed by atoms with van der Waals surface area (Å²) in [7, 11) is -1.54. The van der Waals surface area contributed by atoms with Gasteiger partial charge in [-0.2, -0.15) is 0 Å². The SMILES string of the molecule is CN(C(=O)COC(=O)C(c1ccccc1)c1ccccc1)[C@H]1CCS(=O)(=O)C1. The first-order chi connectivity index (χ1) is 13.4. The minimum atomic E-state index is -3.09. The molecule has 7 heteroatoms. The highest BCUT2D eigenvalue weighted by atomic mass is 32.2. The Balaban J connectivity index is 1.68. The summed E-state index contributed by atoms with van der Waals surface area (Å²) in [4.78, 5) is 26.6. The molecule has 148 valence electrons. The first kappa shape index (κ1) is 20.1. The van der Waals surface area contributed by atoms with Gasteiger partial charge in [0.05, 0.1) is 11.5 Å². The smallest absolute Gasteiger partial charge is 0.318 e. The van der Waals surface area contributed by atoms with Crippen LogP contribution in [0.3, 0.4) is 0 Å². The van der Waals surface area contributed by atoms with Gasteiger partial charge in [-0.3, -0.25) is 9.59 Å². The van der Waals surface area contributed by atoms with E-state index in [0.29, 0.717) is 6.42 Å². The fourth-order valence-corrected chi connectivity index (χ4v) is 5.13. The number of likely N-dealkylation sites (N-methyl/N-ethyl adjacent to an activating group) is 1. The van der Waals surface area contributed by atoms with E-state index >= 15 is 0 Å². The van der Waals surface area contributed by atoms with Crippen molar-refractivity contribution in [1.29, 1.82) is 0 Å². The largest absolute Gasteiger partial charge is 0.455 e. The summed E-state index contributed by atoms with van der Waals surface area (Å²) in [6.07, 6.45) is 0.412. The van der Waals surface area contributed by atoms with Crippen LogP contribution in [-0.4, -0.2) is 56.4 Å². The van der Waals surface area contributed by atoms with Crippen molar-refractivity contribution >= 4 is 21.7 Å². The fraction of sp³-hybridized carbons (Fsp3) is 0.333. The molecular formula is C21H23NO5S. The van der Waals surface area contributed by atoms with Crippen LogP contribution in [0.4, 0.5) is 0 Å². The Labute approximate surface area is 165 Å². The molecule has 0 N–H and O–H groups in total. The number of rotatable bonds is 6. The molecule has 1 aliphatic rings. The molecule has 0 radical (unpaired) electrons. The van der Waals surface area contributed by atoms with Crippen LogP contribution < -0.4 is 0 Å². The van der Waals surface area contributed by atoms with Crippen molar-refractivity contribution in [2.24, 2.45) is 0 Å². The van der Waals surface area contributed by atoms with Crippen LogP contribution in [0.25, 0.3) is 0 Å². The molecule has 0 aromatic heterocycles. The zero-order chi connectivity index (χ0) is 20.1. The number of carbonyl (C=O) groups excluding carboxylic acids is 2.